The highest BCUT2D eigenvalue weighted by Gasteiger charge is 2.09. The predicted octanol–water partition coefficient (Wildman–Crippen LogP) is 9.42. The van der Waals surface area contributed by atoms with Crippen molar-refractivity contribution in [2.24, 2.45) is 21.2 Å². The third-order valence-corrected chi connectivity index (χ3v) is 7.27. The van der Waals surface area contributed by atoms with Crippen LogP contribution in [0.4, 0.5) is 0 Å². The number of pyridine rings is 2. The fraction of sp³-hybridized carbons (Fsp3) is 0.353. The molecular formula is C51H57N3+2. The van der Waals surface area contributed by atoms with Crippen LogP contribution in [-0.2, 0) is 13.1 Å². The Morgan fingerprint density at radius 3 is 1.37 bits per heavy atom. The molecule has 0 aliphatic rings. The van der Waals surface area contributed by atoms with Crippen LogP contribution in [0.5, 0.6) is 0 Å². The monoisotopic (exact) mass is 711 g/mol. The molecule has 0 amide bonds. The van der Waals surface area contributed by atoms with E-state index in [1.165, 1.54) is 0 Å². The van der Waals surface area contributed by atoms with Gasteiger partial charge in [0.05, 0.1) is 22.3 Å². The highest BCUT2D eigenvalue weighted by atomic mass is 14.9. The first-order chi connectivity index (χ1) is 25.3. The van der Waals surface area contributed by atoms with Crippen LogP contribution >= 0.6 is 0 Å². The van der Waals surface area contributed by atoms with Gasteiger partial charge in [-0.1, -0.05) is 98.7 Å². The first-order valence-electron chi connectivity index (χ1n) is 18.8. The van der Waals surface area contributed by atoms with Crippen LogP contribution in [0, 0.1) is 75.4 Å². The maximum absolute atomic E-state index is 4.47. The lowest BCUT2D eigenvalue weighted by Gasteiger charge is -2.10. The van der Waals surface area contributed by atoms with Crippen molar-refractivity contribution in [1.82, 2.24) is 0 Å². The molecule has 3 aromatic rings. The van der Waals surface area contributed by atoms with E-state index in [9.17, 15) is 0 Å². The summed E-state index contributed by atoms with van der Waals surface area (Å²) in [4.78, 5) is 4.47. The van der Waals surface area contributed by atoms with Crippen molar-refractivity contribution in [2.45, 2.75) is 96.2 Å². The molecule has 3 heteroatoms. The lowest BCUT2D eigenvalue weighted by molar-refractivity contribution is -0.694. The van der Waals surface area contributed by atoms with Crippen molar-refractivity contribution >= 4 is 6.21 Å². The maximum Gasteiger partial charge on any atom is 0.184 e. The normalized spacial score (nSPS) is 11.6. The van der Waals surface area contributed by atoms with Gasteiger partial charge in [0.2, 0.25) is 0 Å². The van der Waals surface area contributed by atoms with Crippen molar-refractivity contribution in [2.75, 3.05) is 6.54 Å². The molecule has 0 fully saturated rings. The first-order valence-corrected chi connectivity index (χ1v) is 18.8. The number of hydrogen-bond donors (Lipinski definition) is 0. The summed E-state index contributed by atoms with van der Waals surface area (Å²) in [6.07, 6.45) is 16.2. The molecule has 0 aliphatic heterocycles. The minimum Gasteiger partial charge on any atom is -0.292 e. The molecule has 0 saturated heterocycles. The van der Waals surface area contributed by atoms with E-state index < -0.39 is 0 Å². The van der Waals surface area contributed by atoms with Crippen LogP contribution in [0.15, 0.2) is 96.1 Å². The number of allylic oxidation sites excluding steroid dienone is 5. The third-order valence-electron chi connectivity index (χ3n) is 7.27. The van der Waals surface area contributed by atoms with E-state index in [-0.39, 0.29) is 16.2 Å². The Labute approximate surface area is 327 Å². The second kappa shape index (κ2) is 19.3. The van der Waals surface area contributed by atoms with Crippen molar-refractivity contribution in [3.8, 4) is 59.2 Å². The topological polar surface area (TPSA) is 20.1 Å². The lowest BCUT2D eigenvalue weighted by Crippen LogP contribution is -2.32. The fourth-order valence-electron chi connectivity index (χ4n) is 4.61. The zero-order chi connectivity index (χ0) is 39.9. The van der Waals surface area contributed by atoms with E-state index in [1.807, 2.05) is 55.6 Å². The Morgan fingerprint density at radius 1 is 0.593 bits per heavy atom. The summed E-state index contributed by atoms with van der Waals surface area (Å²) in [5, 5.41) is 0. The zero-order valence-electron chi connectivity index (χ0n) is 34.7. The highest BCUT2D eigenvalue weighted by Crippen LogP contribution is 2.17. The van der Waals surface area contributed by atoms with Crippen molar-refractivity contribution in [3.05, 3.63) is 130 Å². The minimum absolute atomic E-state index is 0.0505. The minimum atomic E-state index is -0.0939. The van der Waals surface area contributed by atoms with E-state index in [0.29, 0.717) is 6.54 Å². The number of aromatic nitrogens is 2. The van der Waals surface area contributed by atoms with E-state index in [0.717, 1.165) is 63.2 Å². The molecule has 0 saturated carbocycles. The first kappa shape index (κ1) is 42.6. The molecule has 0 radical (unpaired) electrons. The summed E-state index contributed by atoms with van der Waals surface area (Å²) in [6.45, 7) is 31.9. The Hall–Kier alpha value is -5.79. The third kappa shape index (κ3) is 16.7. The number of hydrogen-bond acceptors (Lipinski definition) is 1. The molecule has 54 heavy (non-hydrogen) atoms. The number of rotatable bonds is 6. The molecule has 274 valence electrons. The molecule has 0 atom stereocenters. The SMILES string of the molecule is C=C(C=CC(C)(C)C)/C=C(/C#Cc1cc(C#Cc2cc(C#CC(C)(C)C)c[n+](CC)c2)cc(C#Cc2cc(C#CC(C)(C)C)c[n+](CC)c2)c1)C=NCC. The van der Waals surface area contributed by atoms with E-state index in [4.69, 9.17) is 0 Å². The van der Waals surface area contributed by atoms with Crippen LogP contribution in [0.3, 0.4) is 0 Å². The Bertz CT molecular complexity index is 2140. The number of aryl methyl sites for hydroxylation is 2. The number of nitrogens with zero attached hydrogens (tertiary/aromatic N) is 3. The van der Waals surface area contributed by atoms with Gasteiger partial charge in [-0.05, 0) is 110 Å². The molecule has 0 aliphatic carbocycles. The molecule has 0 N–H and O–H groups in total. The van der Waals surface area contributed by atoms with E-state index >= 15 is 0 Å². The largest absolute Gasteiger partial charge is 0.292 e. The average molecular weight is 712 g/mol. The summed E-state index contributed by atoms with van der Waals surface area (Å²) in [5.74, 6) is 33.6. The number of benzene rings is 1. The van der Waals surface area contributed by atoms with Crippen LogP contribution in [0.2, 0.25) is 0 Å². The van der Waals surface area contributed by atoms with Gasteiger partial charge in [-0.2, -0.15) is 0 Å². The van der Waals surface area contributed by atoms with Gasteiger partial charge in [0.25, 0.3) is 0 Å². The second-order valence-electron chi connectivity index (χ2n) is 16.3. The fourth-order valence-corrected chi connectivity index (χ4v) is 4.61. The Morgan fingerprint density at radius 2 is 0.981 bits per heavy atom. The maximum atomic E-state index is 4.47. The zero-order valence-corrected chi connectivity index (χ0v) is 34.7. The summed E-state index contributed by atoms with van der Waals surface area (Å²) in [5.41, 5.74) is 7.61. The standard InChI is InChI=1S/C51H57N3/c1-14-52-35-44(29-40(4)23-26-49(5,6)7)20-17-41-30-42(18-21-45-33-47(24-27-50(8,9)10)38-53(15-2)36-45)32-43(31-41)19-22-46-34-48(25-28-51(11,12)13)39-54(16-3)37-46/h23,26,29-39H,4,14-16H2,1-3,5-13H3/q+2/b26-23?,44-29-,52-35?. The second-order valence-corrected chi connectivity index (χ2v) is 16.3. The summed E-state index contributed by atoms with van der Waals surface area (Å²) in [6, 6.07) is 10.1. The summed E-state index contributed by atoms with van der Waals surface area (Å²) >= 11 is 0. The molecular weight excluding hydrogens is 655 g/mol. The molecule has 0 unspecified atom stereocenters. The van der Waals surface area contributed by atoms with Crippen molar-refractivity contribution in [1.29, 1.82) is 0 Å². The van der Waals surface area contributed by atoms with Crippen LogP contribution < -0.4 is 9.13 Å². The molecule has 1 aromatic carbocycles. The van der Waals surface area contributed by atoms with Gasteiger partial charge in [0.15, 0.2) is 24.8 Å². The number of aliphatic imine (C=N–C) groups is 1. The van der Waals surface area contributed by atoms with Gasteiger partial charge in [-0.3, -0.25) is 4.99 Å². The molecule has 0 spiro atoms. The Balaban J connectivity index is 2.20. The van der Waals surface area contributed by atoms with Crippen LogP contribution in [-0.4, -0.2) is 12.8 Å². The van der Waals surface area contributed by atoms with Crippen LogP contribution in [0.1, 0.15) is 122 Å². The van der Waals surface area contributed by atoms with Crippen molar-refractivity contribution < 1.29 is 9.13 Å². The van der Waals surface area contributed by atoms with Gasteiger partial charge in [-0.15, -0.1) is 0 Å². The molecule has 2 heterocycles. The molecule has 2 aromatic heterocycles. The van der Waals surface area contributed by atoms with Gasteiger partial charge >= 0.3 is 0 Å². The van der Waals surface area contributed by atoms with Gasteiger partial charge < -0.3 is 0 Å². The summed E-state index contributed by atoms with van der Waals surface area (Å²) < 4.78 is 4.24. The highest BCUT2D eigenvalue weighted by molar-refractivity contribution is 5.86. The van der Waals surface area contributed by atoms with Gasteiger partial charge in [0.1, 0.15) is 13.1 Å². The smallest absolute Gasteiger partial charge is 0.184 e. The van der Waals surface area contributed by atoms with Gasteiger partial charge in [-0.25, -0.2) is 9.13 Å². The molecule has 3 nitrogen and oxygen atoms in total. The van der Waals surface area contributed by atoms with E-state index in [2.05, 4.69) is 187 Å². The van der Waals surface area contributed by atoms with Crippen molar-refractivity contribution in [3.63, 3.8) is 0 Å². The summed E-state index contributed by atoms with van der Waals surface area (Å²) in [7, 11) is 0. The lowest BCUT2D eigenvalue weighted by atomic mass is 9.95. The predicted molar refractivity (Wildman–Crippen MR) is 227 cm³/mol. The van der Waals surface area contributed by atoms with Crippen LogP contribution in [0.25, 0.3) is 0 Å². The van der Waals surface area contributed by atoms with E-state index in [1.54, 1.807) is 0 Å². The average Bonchev–Trinajstić information content (AvgIpc) is 3.10. The molecule has 3 rings (SSSR count). The quantitative estimate of drug-likeness (QED) is 0.105. The molecule has 0 bridgehead atoms. The Kier molecular flexibility index (Phi) is 15.3. The van der Waals surface area contributed by atoms with Gasteiger partial charge in [0, 0.05) is 45.9 Å².